The number of esters is 1. The van der Waals surface area contributed by atoms with Gasteiger partial charge in [0.25, 0.3) is 0 Å². The number of nitrogens with one attached hydrogen (secondary N) is 1. The first-order chi connectivity index (χ1) is 8.07. The quantitative estimate of drug-likeness (QED) is 0.720. The standard InChI is InChI=1S/C12H19NO4/c1-3-16-11(15)10-12(7-9(14)13-10)4-5-17-8(2)6-12/h8,10H,3-7H2,1-2H3,(H,13,14). The Morgan fingerprint density at radius 3 is 3.06 bits per heavy atom. The largest absolute Gasteiger partial charge is 0.464 e. The van der Waals surface area contributed by atoms with Crippen LogP contribution in [0.3, 0.4) is 0 Å². The first-order valence-electron chi connectivity index (χ1n) is 6.15. The third kappa shape index (κ3) is 2.29. The van der Waals surface area contributed by atoms with Gasteiger partial charge in [-0.05, 0) is 26.7 Å². The van der Waals surface area contributed by atoms with Crippen LogP contribution in [0.25, 0.3) is 0 Å². The van der Waals surface area contributed by atoms with Crippen LogP contribution in [0.1, 0.15) is 33.1 Å². The highest BCUT2D eigenvalue weighted by atomic mass is 16.5. The summed E-state index contributed by atoms with van der Waals surface area (Å²) in [7, 11) is 0. The van der Waals surface area contributed by atoms with Crippen LogP contribution in [0.5, 0.6) is 0 Å². The van der Waals surface area contributed by atoms with E-state index in [1.807, 2.05) is 6.92 Å². The Bertz CT molecular complexity index is 330. The van der Waals surface area contributed by atoms with Crippen molar-refractivity contribution < 1.29 is 19.1 Å². The number of carbonyl (C=O) groups is 2. The molecule has 1 N–H and O–H groups in total. The fraction of sp³-hybridized carbons (Fsp3) is 0.833. The van der Waals surface area contributed by atoms with Crippen molar-refractivity contribution in [3.8, 4) is 0 Å². The van der Waals surface area contributed by atoms with Crippen molar-refractivity contribution in [2.24, 2.45) is 5.41 Å². The molecule has 0 saturated carbocycles. The second-order valence-electron chi connectivity index (χ2n) is 4.93. The van der Waals surface area contributed by atoms with Gasteiger partial charge in [0.15, 0.2) is 0 Å². The van der Waals surface area contributed by atoms with E-state index < -0.39 is 6.04 Å². The zero-order valence-electron chi connectivity index (χ0n) is 10.3. The van der Waals surface area contributed by atoms with Crippen molar-refractivity contribution in [2.45, 2.75) is 45.3 Å². The molecule has 2 aliphatic heterocycles. The summed E-state index contributed by atoms with van der Waals surface area (Å²) < 4.78 is 10.5. The lowest BCUT2D eigenvalue weighted by atomic mass is 9.72. The van der Waals surface area contributed by atoms with Gasteiger partial charge >= 0.3 is 5.97 Å². The van der Waals surface area contributed by atoms with Crippen LogP contribution in [0.4, 0.5) is 0 Å². The van der Waals surface area contributed by atoms with Gasteiger partial charge in [0.2, 0.25) is 5.91 Å². The topological polar surface area (TPSA) is 64.6 Å². The zero-order valence-corrected chi connectivity index (χ0v) is 10.3. The monoisotopic (exact) mass is 241 g/mol. The second-order valence-corrected chi connectivity index (χ2v) is 4.93. The van der Waals surface area contributed by atoms with Crippen LogP contribution in [0, 0.1) is 5.41 Å². The van der Waals surface area contributed by atoms with Crippen molar-refractivity contribution in [2.75, 3.05) is 13.2 Å². The number of ether oxygens (including phenoxy) is 2. The van der Waals surface area contributed by atoms with E-state index in [9.17, 15) is 9.59 Å². The molecule has 0 aromatic carbocycles. The SMILES string of the molecule is CCOC(=O)C1NC(=O)CC12CCOC(C)C2. The minimum atomic E-state index is -0.499. The van der Waals surface area contributed by atoms with Gasteiger partial charge in [-0.1, -0.05) is 0 Å². The molecule has 1 spiro atoms. The Balaban J connectivity index is 2.17. The molecule has 5 nitrogen and oxygen atoms in total. The smallest absolute Gasteiger partial charge is 0.329 e. The van der Waals surface area contributed by atoms with Gasteiger partial charge in [-0.15, -0.1) is 0 Å². The predicted octanol–water partition coefficient (Wildman–Crippen LogP) is 0.623. The van der Waals surface area contributed by atoms with Gasteiger partial charge in [-0.3, -0.25) is 4.79 Å². The van der Waals surface area contributed by atoms with Gasteiger partial charge in [0, 0.05) is 18.4 Å². The van der Waals surface area contributed by atoms with E-state index in [-0.39, 0.29) is 23.4 Å². The van der Waals surface area contributed by atoms with E-state index in [4.69, 9.17) is 9.47 Å². The number of amides is 1. The molecule has 3 unspecified atom stereocenters. The van der Waals surface area contributed by atoms with Crippen LogP contribution in [-0.4, -0.2) is 37.2 Å². The van der Waals surface area contributed by atoms with Crippen LogP contribution in [-0.2, 0) is 19.1 Å². The van der Waals surface area contributed by atoms with E-state index in [1.54, 1.807) is 6.92 Å². The summed E-state index contributed by atoms with van der Waals surface area (Å²) >= 11 is 0. The third-order valence-corrected chi connectivity index (χ3v) is 3.65. The van der Waals surface area contributed by atoms with Gasteiger partial charge in [-0.25, -0.2) is 4.79 Å². The minimum Gasteiger partial charge on any atom is -0.464 e. The van der Waals surface area contributed by atoms with Crippen molar-refractivity contribution in [3.05, 3.63) is 0 Å². The maximum absolute atomic E-state index is 11.9. The highest BCUT2D eigenvalue weighted by Crippen LogP contribution is 2.43. The molecule has 17 heavy (non-hydrogen) atoms. The highest BCUT2D eigenvalue weighted by Gasteiger charge is 2.52. The average Bonchev–Trinajstić information content (AvgIpc) is 2.55. The van der Waals surface area contributed by atoms with Crippen molar-refractivity contribution in [3.63, 3.8) is 0 Å². The van der Waals surface area contributed by atoms with Crippen molar-refractivity contribution in [1.29, 1.82) is 0 Å². The number of rotatable bonds is 2. The van der Waals surface area contributed by atoms with Crippen LogP contribution in [0.15, 0.2) is 0 Å². The summed E-state index contributed by atoms with van der Waals surface area (Å²) in [5.41, 5.74) is -0.305. The molecule has 0 bridgehead atoms. The maximum atomic E-state index is 11.9. The lowest BCUT2D eigenvalue weighted by molar-refractivity contribution is -0.151. The van der Waals surface area contributed by atoms with Crippen LogP contribution in [0.2, 0.25) is 0 Å². The molecular weight excluding hydrogens is 222 g/mol. The molecule has 0 aliphatic carbocycles. The van der Waals surface area contributed by atoms with Gasteiger partial charge in [0.1, 0.15) is 6.04 Å². The fourth-order valence-corrected chi connectivity index (χ4v) is 2.94. The summed E-state index contributed by atoms with van der Waals surface area (Å²) in [4.78, 5) is 23.5. The molecule has 2 fully saturated rings. The second kappa shape index (κ2) is 4.64. The van der Waals surface area contributed by atoms with Gasteiger partial charge < -0.3 is 14.8 Å². The Labute approximate surface area is 101 Å². The molecule has 0 aromatic rings. The van der Waals surface area contributed by atoms with Crippen molar-refractivity contribution in [1.82, 2.24) is 5.32 Å². The lowest BCUT2D eigenvalue weighted by Crippen LogP contribution is -2.48. The first kappa shape index (κ1) is 12.4. The molecule has 0 aromatic heterocycles. The number of hydrogen-bond acceptors (Lipinski definition) is 4. The Kier molecular flexibility index (Phi) is 3.38. The molecule has 2 saturated heterocycles. The summed E-state index contributed by atoms with van der Waals surface area (Å²) in [6, 6.07) is -0.499. The molecule has 5 heteroatoms. The maximum Gasteiger partial charge on any atom is 0.329 e. The molecule has 2 aliphatic rings. The van der Waals surface area contributed by atoms with E-state index >= 15 is 0 Å². The molecular formula is C12H19NO4. The summed E-state index contributed by atoms with van der Waals surface area (Å²) in [6.07, 6.45) is 1.97. The van der Waals surface area contributed by atoms with E-state index in [2.05, 4.69) is 5.32 Å². The molecule has 2 rings (SSSR count). The molecule has 96 valence electrons. The van der Waals surface area contributed by atoms with Crippen LogP contribution < -0.4 is 5.32 Å². The van der Waals surface area contributed by atoms with Crippen LogP contribution >= 0.6 is 0 Å². The Morgan fingerprint density at radius 1 is 1.65 bits per heavy atom. The van der Waals surface area contributed by atoms with E-state index in [0.29, 0.717) is 19.6 Å². The molecule has 2 heterocycles. The van der Waals surface area contributed by atoms with Crippen molar-refractivity contribution >= 4 is 11.9 Å². The minimum absolute atomic E-state index is 0.0582. The zero-order chi connectivity index (χ0) is 12.5. The van der Waals surface area contributed by atoms with Gasteiger partial charge in [0.05, 0.1) is 12.7 Å². The Morgan fingerprint density at radius 2 is 2.41 bits per heavy atom. The third-order valence-electron chi connectivity index (χ3n) is 3.65. The summed E-state index contributed by atoms with van der Waals surface area (Å²) in [5, 5.41) is 2.75. The first-order valence-corrected chi connectivity index (χ1v) is 6.15. The molecule has 3 atom stereocenters. The van der Waals surface area contributed by atoms with E-state index in [1.165, 1.54) is 0 Å². The number of carbonyl (C=O) groups excluding carboxylic acids is 2. The molecule has 0 radical (unpaired) electrons. The van der Waals surface area contributed by atoms with Gasteiger partial charge in [-0.2, -0.15) is 0 Å². The lowest BCUT2D eigenvalue weighted by Gasteiger charge is -2.38. The average molecular weight is 241 g/mol. The fourth-order valence-electron chi connectivity index (χ4n) is 2.94. The highest BCUT2D eigenvalue weighted by molar-refractivity contribution is 5.90. The molecule has 1 amide bonds. The summed E-state index contributed by atoms with van der Waals surface area (Å²) in [6.45, 7) is 4.69. The van der Waals surface area contributed by atoms with E-state index in [0.717, 1.165) is 12.8 Å². The number of hydrogen-bond donors (Lipinski definition) is 1. The predicted molar refractivity (Wildman–Crippen MR) is 60.3 cm³/mol. The Hall–Kier alpha value is -1.10. The summed E-state index contributed by atoms with van der Waals surface area (Å²) in [5.74, 6) is -0.371. The normalized spacial score (nSPS) is 36.9.